The number of amides is 3. The van der Waals surface area contributed by atoms with E-state index in [0.29, 0.717) is 22.8 Å². The molecule has 3 aromatic rings. The van der Waals surface area contributed by atoms with E-state index in [9.17, 15) is 9.59 Å². The summed E-state index contributed by atoms with van der Waals surface area (Å²) in [6.07, 6.45) is 0. The molecular formula is C26H29ClN4O2. The van der Waals surface area contributed by atoms with Crippen molar-refractivity contribution >= 4 is 34.9 Å². The standard InChI is InChI=1S/C26H29ClN4O2/c1-17(2)29-26(33)28-16-19-9-11-21(12-10-19)25(32)31-22-13-14-24(23(27)15-22)30-18(3)20-7-5-4-6-8-20/h4-15,17-18,30H,16H2,1-3H3,(H,31,32)(H2,28,29,33)/t18-/m1/s1. The van der Waals surface area contributed by atoms with Gasteiger partial charge in [-0.3, -0.25) is 4.79 Å². The van der Waals surface area contributed by atoms with Crippen LogP contribution in [0.1, 0.15) is 48.3 Å². The van der Waals surface area contributed by atoms with Gasteiger partial charge in [0.1, 0.15) is 0 Å². The van der Waals surface area contributed by atoms with Crippen molar-refractivity contribution in [3.05, 3.63) is 94.5 Å². The van der Waals surface area contributed by atoms with E-state index in [4.69, 9.17) is 11.6 Å². The SMILES string of the molecule is CC(C)NC(=O)NCc1ccc(C(=O)Nc2ccc(N[C@H](C)c3ccccc3)c(Cl)c2)cc1. The first-order chi connectivity index (χ1) is 15.8. The van der Waals surface area contributed by atoms with Crippen LogP contribution in [0.4, 0.5) is 16.2 Å². The van der Waals surface area contributed by atoms with Crippen molar-refractivity contribution in [1.82, 2.24) is 10.6 Å². The van der Waals surface area contributed by atoms with Crippen molar-refractivity contribution in [3.8, 4) is 0 Å². The van der Waals surface area contributed by atoms with Crippen LogP contribution in [0.5, 0.6) is 0 Å². The average molecular weight is 465 g/mol. The lowest BCUT2D eigenvalue weighted by molar-refractivity contribution is 0.102. The van der Waals surface area contributed by atoms with E-state index >= 15 is 0 Å². The smallest absolute Gasteiger partial charge is 0.315 e. The molecule has 0 saturated carbocycles. The molecule has 3 rings (SSSR count). The van der Waals surface area contributed by atoms with Gasteiger partial charge >= 0.3 is 6.03 Å². The minimum atomic E-state index is -0.235. The molecule has 0 radical (unpaired) electrons. The molecule has 0 aliphatic rings. The van der Waals surface area contributed by atoms with Crippen molar-refractivity contribution in [2.75, 3.05) is 10.6 Å². The van der Waals surface area contributed by atoms with Crippen LogP contribution in [0.2, 0.25) is 5.02 Å². The maximum atomic E-state index is 12.6. The third-order valence-corrected chi connectivity index (χ3v) is 5.30. The second-order valence-electron chi connectivity index (χ2n) is 8.10. The Kier molecular flexibility index (Phi) is 8.33. The van der Waals surface area contributed by atoms with Gasteiger partial charge < -0.3 is 21.3 Å². The van der Waals surface area contributed by atoms with Crippen LogP contribution < -0.4 is 21.3 Å². The Labute approximate surface area is 199 Å². The van der Waals surface area contributed by atoms with Gasteiger partial charge in [-0.25, -0.2) is 4.79 Å². The molecule has 1 atom stereocenters. The molecule has 0 unspecified atom stereocenters. The summed E-state index contributed by atoms with van der Waals surface area (Å²) < 4.78 is 0. The molecule has 0 spiro atoms. The first-order valence-electron chi connectivity index (χ1n) is 10.9. The highest BCUT2D eigenvalue weighted by Crippen LogP contribution is 2.29. The van der Waals surface area contributed by atoms with E-state index in [1.54, 1.807) is 18.2 Å². The Morgan fingerprint density at radius 2 is 1.61 bits per heavy atom. The van der Waals surface area contributed by atoms with Crippen LogP contribution in [0, 0.1) is 0 Å². The predicted octanol–water partition coefficient (Wildman–Crippen LogP) is 5.97. The molecule has 0 aliphatic carbocycles. The van der Waals surface area contributed by atoms with E-state index in [1.165, 1.54) is 0 Å². The molecular weight excluding hydrogens is 436 g/mol. The summed E-state index contributed by atoms with van der Waals surface area (Å²) in [5.41, 5.74) is 3.98. The monoisotopic (exact) mass is 464 g/mol. The number of hydrogen-bond acceptors (Lipinski definition) is 3. The summed E-state index contributed by atoms with van der Waals surface area (Å²) in [5, 5.41) is 12.3. The van der Waals surface area contributed by atoms with Gasteiger partial charge in [0.2, 0.25) is 0 Å². The summed E-state index contributed by atoms with van der Waals surface area (Å²) in [7, 11) is 0. The maximum Gasteiger partial charge on any atom is 0.315 e. The average Bonchev–Trinajstić information content (AvgIpc) is 2.80. The molecule has 3 aromatic carbocycles. The zero-order valence-electron chi connectivity index (χ0n) is 19.0. The first-order valence-corrected chi connectivity index (χ1v) is 11.3. The summed E-state index contributed by atoms with van der Waals surface area (Å²) in [5.74, 6) is -0.235. The zero-order valence-corrected chi connectivity index (χ0v) is 19.7. The molecule has 0 fully saturated rings. The maximum absolute atomic E-state index is 12.6. The molecule has 0 bridgehead atoms. The van der Waals surface area contributed by atoms with Crippen LogP contribution in [-0.2, 0) is 6.54 Å². The molecule has 3 amide bonds. The van der Waals surface area contributed by atoms with E-state index in [0.717, 1.165) is 16.8 Å². The highest BCUT2D eigenvalue weighted by molar-refractivity contribution is 6.33. The van der Waals surface area contributed by atoms with E-state index in [2.05, 4.69) is 40.3 Å². The Hall–Kier alpha value is -3.51. The topological polar surface area (TPSA) is 82.3 Å². The Bertz CT molecular complexity index is 1090. The van der Waals surface area contributed by atoms with Crippen LogP contribution >= 0.6 is 11.6 Å². The molecule has 6 nitrogen and oxygen atoms in total. The highest BCUT2D eigenvalue weighted by atomic mass is 35.5. The lowest BCUT2D eigenvalue weighted by Crippen LogP contribution is -2.39. The minimum Gasteiger partial charge on any atom is -0.377 e. The number of carbonyl (C=O) groups is 2. The number of benzene rings is 3. The Balaban J connectivity index is 1.56. The molecule has 33 heavy (non-hydrogen) atoms. The number of anilines is 2. The summed E-state index contributed by atoms with van der Waals surface area (Å²) in [4.78, 5) is 24.3. The van der Waals surface area contributed by atoms with Crippen molar-refractivity contribution in [1.29, 1.82) is 0 Å². The van der Waals surface area contributed by atoms with Crippen LogP contribution in [0.3, 0.4) is 0 Å². The quantitative estimate of drug-likeness (QED) is 0.331. The van der Waals surface area contributed by atoms with Gasteiger partial charge in [0.25, 0.3) is 5.91 Å². The summed E-state index contributed by atoms with van der Waals surface area (Å²) in [6.45, 7) is 6.24. The Morgan fingerprint density at radius 1 is 0.909 bits per heavy atom. The molecule has 4 N–H and O–H groups in total. The van der Waals surface area contributed by atoms with Crippen molar-refractivity contribution < 1.29 is 9.59 Å². The number of carbonyl (C=O) groups excluding carboxylic acids is 2. The van der Waals surface area contributed by atoms with Gasteiger partial charge in [0.15, 0.2) is 0 Å². The molecule has 172 valence electrons. The van der Waals surface area contributed by atoms with E-state index in [1.807, 2.05) is 56.3 Å². The summed E-state index contributed by atoms with van der Waals surface area (Å²) in [6, 6.07) is 22.5. The largest absolute Gasteiger partial charge is 0.377 e. The number of hydrogen-bond donors (Lipinski definition) is 4. The molecule has 0 aliphatic heterocycles. The fraction of sp³-hybridized carbons (Fsp3) is 0.231. The van der Waals surface area contributed by atoms with Gasteiger partial charge in [-0.15, -0.1) is 0 Å². The van der Waals surface area contributed by atoms with Gasteiger partial charge in [-0.2, -0.15) is 0 Å². The fourth-order valence-electron chi connectivity index (χ4n) is 3.24. The number of urea groups is 1. The second kappa shape index (κ2) is 11.4. The number of halogens is 1. The van der Waals surface area contributed by atoms with Gasteiger partial charge in [-0.05, 0) is 62.2 Å². The van der Waals surface area contributed by atoms with Crippen LogP contribution in [0.15, 0.2) is 72.8 Å². The molecule has 7 heteroatoms. The van der Waals surface area contributed by atoms with Gasteiger partial charge in [0, 0.05) is 29.9 Å². The minimum absolute atomic E-state index is 0.0710. The van der Waals surface area contributed by atoms with Gasteiger partial charge in [-0.1, -0.05) is 54.1 Å². The molecule has 0 heterocycles. The lowest BCUT2D eigenvalue weighted by Gasteiger charge is -2.17. The molecule has 0 aromatic heterocycles. The lowest BCUT2D eigenvalue weighted by atomic mass is 10.1. The third kappa shape index (κ3) is 7.26. The summed E-state index contributed by atoms with van der Waals surface area (Å²) >= 11 is 6.45. The first kappa shape index (κ1) is 24.1. The van der Waals surface area contributed by atoms with Crippen molar-refractivity contribution in [2.45, 2.75) is 39.4 Å². The Morgan fingerprint density at radius 3 is 2.24 bits per heavy atom. The van der Waals surface area contributed by atoms with Gasteiger partial charge in [0.05, 0.1) is 10.7 Å². The number of rotatable bonds is 8. The predicted molar refractivity (Wildman–Crippen MR) is 135 cm³/mol. The normalized spacial score (nSPS) is 11.5. The number of nitrogens with one attached hydrogen (secondary N) is 4. The third-order valence-electron chi connectivity index (χ3n) is 4.99. The van der Waals surface area contributed by atoms with E-state index < -0.39 is 0 Å². The second-order valence-corrected chi connectivity index (χ2v) is 8.51. The zero-order chi connectivity index (χ0) is 23.8. The molecule has 0 saturated heterocycles. The highest BCUT2D eigenvalue weighted by Gasteiger charge is 2.11. The van der Waals surface area contributed by atoms with Crippen LogP contribution in [0.25, 0.3) is 0 Å². The van der Waals surface area contributed by atoms with E-state index in [-0.39, 0.29) is 24.0 Å². The fourth-order valence-corrected chi connectivity index (χ4v) is 3.48. The van der Waals surface area contributed by atoms with Crippen LogP contribution in [-0.4, -0.2) is 18.0 Å². The van der Waals surface area contributed by atoms with Crippen molar-refractivity contribution in [2.24, 2.45) is 0 Å². The van der Waals surface area contributed by atoms with Crippen molar-refractivity contribution in [3.63, 3.8) is 0 Å².